The molecule has 2 heterocycles. The lowest BCUT2D eigenvalue weighted by Gasteiger charge is -2.40. The maximum Gasteiger partial charge on any atom is 0.306 e. The first-order valence-electron chi connectivity index (χ1n) is 14.9. The van der Waals surface area contributed by atoms with Gasteiger partial charge >= 0.3 is 5.97 Å². The first-order chi connectivity index (χ1) is 21.4. The van der Waals surface area contributed by atoms with E-state index in [1.165, 1.54) is 11.0 Å². The number of primary amides is 1. The highest BCUT2D eigenvalue weighted by Gasteiger charge is 2.46. The monoisotopic (exact) mass is 632 g/mol. The molecular formula is C34H37FN4O5S. The number of thioether (sulfide) groups is 1. The zero-order valence-corrected chi connectivity index (χ0v) is 26.4. The summed E-state index contributed by atoms with van der Waals surface area (Å²) >= 11 is 1.74. The van der Waals surface area contributed by atoms with E-state index in [-0.39, 0.29) is 37.0 Å². The summed E-state index contributed by atoms with van der Waals surface area (Å²) in [5.41, 5.74) is 6.83. The molecule has 2 fully saturated rings. The van der Waals surface area contributed by atoms with Crippen molar-refractivity contribution in [2.75, 3.05) is 24.5 Å². The van der Waals surface area contributed by atoms with Gasteiger partial charge in [0.1, 0.15) is 29.8 Å². The summed E-state index contributed by atoms with van der Waals surface area (Å²) in [4.78, 5) is 42.4. The van der Waals surface area contributed by atoms with E-state index in [0.717, 1.165) is 23.5 Å². The fourth-order valence-corrected chi connectivity index (χ4v) is 6.94. The summed E-state index contributed by atoms with van der Waals surface area (Å²) in [5.74, 6) is -1.75. The molecule has 3 aliphatic rings. The predicted octanol–water partition coefficient (Wildman–Crippen LogP) is 4.70. The van der Waals surface area contributed by atoms with Gasteiger partial charge < -0.3 is 25.0 Å². The van der Waals surface area contributed by atoms with Crippen LogP contribution in [0.2, 0.25) is 0 Å². The van der Waals surface area contributed by atoms with E-state index in [0.29, 0.717) is 28.9 Å². The number of ether oxygens (including phenoxy) is 2. The van der Waals surface area contributed by atoms with Crippen LogP contribution >= 0.6 is 11.8 Å². The number of nitriles is 1. The maximum absolute atomic E-state index is 14.3. The lowest BCUT2D eigenvalue weighted by molar-refractivity contribution is -0.155. The second-order valence-corrected chi connectivity index (χ2v) is 13.8. The molecule has 1 aliphatic carbocycles. The number of nitrogens with two attached hydrogens (primary N) is 1. The molecule has 11 heteroatoms. The number of halogens is 1. The molecule has 2 amide bonds. The number of benzene rings is 2. The van der Waals surface area contributed by atoms with Crippen LogP contribution in [-0.2, 0) is 30.5 Å². The number of anilines is 1. The van der Waals surface area contributed by atoms with Gasteiger partial charge in [-0.05, 0) is 69.2 Å². The van der Waals surface area contributed by atoms with E-state index in [9.17, 15) is 18.8 Å². The Balaban J connectivity index is 1.12. The quantitative estimate of drug-likeness (QED) is 0.354. The minimum absolute atomic E-state index is 0.0258. The smallest absolute Gasteiger partial charge is 0.306 e. The standard InChI is InChI=1S/C34H37FN4O5S/c1-34(2,3)44-31(40)14-13-29(32(37)41)39-19-26-25(33(39)42)5-4-6-30(26)43-20-21-7-10-23(11-8-21)45-24-17-38(18-24)28-12-9-22(16-36)15-27(28)35/h4-12,15,24-26,29H,13-14,17-20H2,1-3H3,(H2,37,41)/t25?,26?,29-/m0/s1. The van der Waals surface area contributed by atoms with Gasteiger partial charge in [-0.15, -0.1) is 11.8 Å². The summed E-state index contributed by atoms with van der Waals surface area (Å²) < 4.78 is 25.9. The third-order valence-electron chi connectivity index (χ3n) is 7.98. The van der Waals surface area contributed by atoms with Gasteiger partial charge in [-0.3, -0.25) is 14.4 Å². The molecule has 2 aromatic carbocycles. The van der Waals surface area contributed by atoms with E-state index in [4.69, 9.17) is 20.5 Å². The van der Waals surface area contributed by atoms with Crippen molar-refractivity contribution in [1.29, 1.82) is 5.26 Å². The lowest BCUT2D eigenvalue weighted by Crippen LogP contribution is -2.49. The Morgan fingerprint density at radius 3 is 2.53 bits per heavy atom. The topological polar surface area (TPSA) is 126 Å². The van der Waals surface area contributed by atoms with Gasteiger partial charge in [0, 0.05) is 42.1 Å². The van der Waals surface area contributed by atoms with Crippen LogP contribution in [0.25, 0.3) is 0 Å². The molecule has 5 rings (SSSR count). The van der Waals surface area contributed by atoms with Crippen molar-refractivity contribution in [3.63, 3.8) is 0 Å². The molecule has 45 heavy (non-hydrogen) atoms. The molecular weight excluding hydrogens is 595 g/mol. The van der Waals surface area contributed by atoms with E-state index >= 15 is 0 Å². The van der Waals surface area contributed by atoms with Crippen molar-refractivity contribution < 1.29 is 28.2 Å². The van der Waals surface area contributed by atoms with E-state index < -0.39 is 29.4 Å². The third kappa shape index (κ3) is 7.68. The van der Waals surface area contributed by atoms with Crippen molar-refractivity contribution in [1.82, 2.24) is 4.90 Å². The van der Waals surface area contributed by atoms with Gasteiger partial charge in [-0.1, -0.05) is 24.3 Å². The fourth-order valence-electron chi connectivity index (χ4n) is 5.76. The number of nitrogens with zero attached hydrogens (tertiary/aromatic N) is 3. The number of likely N-dealkylation sites (tertiary alicyclic amines) is 1. The number of hydrogen-bond acceptors (Lipinski definition) is 8. The Hall–Kier alpha value is -4.30. The molecule has 0 aromatic heterocycles. The number of allylic oxidation sites excluding steroid dienone is 2. The van der Waals surface area contributed by atoms with Crippen molar-refractivity contribution in [2.24, 2.45) is 17.6 Å². The SMILES string of the molecule is CC(C)(C)OC(=O)CC[C@@H](C(N)=O)N1CC2C(OCc3ccc(SC4CN(c5ccc(C#N)cc5F)C4)cc3)=CC=CC2C1=O. The zero-order valence-electron chi connectivity index (χ0n) is 25.6. The highest BCUT2D eigenvalue weighted by molar-refractivity contribution is 8.00. The largest absolute Gasteiger partial charge is 0.493 e. The number of rotatable bonds is 11. The normalized spacial score (nSPS) is 20.2. The summed E-state index contributed by atoms with van der Waals surface area (Å²) in [6.45, 7) is 7.33. The molecule has 3 atom stereocenters. The van der Waals surface area contributed by atoms with Crippen LogP contribution in [-0.4, -0.2) is 59.2 Å². The summed E-state index contributed by atoms with van der Waals surface area (Å²) in [6, 6.07) is 13.7. The molecule has 9 nitrogen and oxygen atoms in total. The number of amides is 2. The van der Waals surface area contributed by atoms with E-state index in [1.54, 1.807) is 50.7 Å². The first-order valence-corrected chi connectivity index (χ1v) is 15.8. The van der Waals surface area contributed by atoms with Crippen molar-refractivity contribution in [3.8, 4) is 6.07 Å². The summed E-state index contributed by atoms with van der Waals surface area (Å²) in [5, 5.41) is 9.27. The molecule has 2 saturated heterocycles. The number of carbonyl (C=O) groups is 3. The van der Waals surface area contributed by atoms with Gasteiger partial charge in [0.2, 0.25) is 11.8 Å². The van der Waals surface area contributed by atoms with Crippen LogP contribution in [0.15, 0.2) is 71.3 Å². The molecule has 236 valence electrons. The van der Waals surface area contributed by atoms with Crippen LogP contribution < -0.4 is 10.6 Å². The number of fused-ring (bicyclic) bond motifs is 1. The van der Waals surface area contributed by atoms with Crippen LogP contribution in [0.4, 0.5) is 10.1 Å². The second kappa shape index (κ2) is 13.4. The third-order valence-corrected chi connectivity index (χ3v) is 9.16. The number of hydrogen-bond donors (Lipinski definition) is 1. The Kier molecular flexibility index (Phi) is 9.53. The molecule has 2 N–H and O–H groups in total. The van der Waals surface area contributed by atoms with E-state index in [1.807, 2.05) is 47.4 Å². The van der Waals surface area contributed by atoms with Crippen molar-refractivity contribution in [2.45, 2.75) is 62.0 Å². The van der Waals surface area contributed by atoms with Crippen LogP contribution in [0, 0.1) is 29.0 Å². The van der Waals surface area contributed by atoms with Crippen LogP contribution in [0.1, 0.15) is 44.7 Å². The first kappa shape index (κ1) is 32.1. The average Bonchev–Trinajstić information content (AvgIpc) is 3.30. The Morgan fingerprint density at radius 1 is 1.16 bits per heavy atom. The van der Waals surface area contributed by atoms with Crippen molar-refractivity contribution in [3.05, 3.63) is 83.4 Å². The van der Waals surface area contributed by atoms with Crippen LogP contribution in [0.3, 0.4) is 0 Å². The molecule has 2 aliphatic heterocycles. The Labute approximate surface area is 266 Å². The number of esters is 1. The molecule has 2 aromatic rings. The lowest BCUT2D eigenvalue weighted by atomic mass is 9.89. The Bertz CT molecular complexity index is 1560. The summed E-state index contributed by atoms with van der Waals surface area (Å²) in [6.07, 6.45) is 5.52. The van der Waals surface area contributed by atoms with Crippen LogP contribution in [0.5, 0.6) is 0 Å². The average molecular weight is 633 g/mol. The highest BCUT2D eigenvalue weighted by Crippen LogP contribution is 2.38. The van der Waals surface area contributed by atoms with Gasteiger partial charge in [-0.25, -0.2) is 4.39 Å². The highest BCUT2D eigenvalue weighted by atomic mass is 32.2. The van der Waals surface area contributed by atoms with Gasteiger partial charge in [0.25, 0.3) is 0 Å². The fraction of sp³-hybridized carbons (Fsp3) is 0.412. The van der Waals surface area contributed by atoms with Gasteiger partial charge in [0.15, 0.2) is 0 Å². The second-order valence-electron chi connectivity index (χ2n) is 12.5. The molecule has 0 spiro atoms. The minimum Gasteiger partial charge on any atom is -0.493 e. The summed E-state index contributed by atoms with van der Waals surface area (Å²) in [7, 11) is 0. The maximum atomic E-state index is 14.3. The van der Waals surface area contributed by atoms with E-state index in [2.05, 4.69) is 0 Å². The Morgan fingerprint density at radius 2 is 1.89 bits per heavy atom. The van der Waals surface area contributed by atoms with Gasteiger partial charge in [-0.2, -0.15) is 5.26 Å². The predicted molar refractivity (Wildman–Crippen MR) is 168 cm³/mol. The van der Waals surface area contributed by atoms with Gasteiger partial charge in [0.05, 0.1) is 23.2 Å². The molecule has 0 saturated carbocycles. The zero-order chi connectivity index (χ0) is 32.3. The molecule has 0 bridgehead atoms. The number of carbonyl (C=O) groups excluding carboxylic acids is 3. The molecule has 2 unspecified atom stereocenters. The van der Waals surface area contributed by atoms with Crippen molar-refractivity contribution >= 4 is 35.2 Å². The minimum atomic E-state index is -0.916. The molecule has 0 radical (unpaired) electrons.